The number of hydrogen-bond acceptors (Lipinski definition) is 9. The second-order valence-corrected chi connectivity index (χ2v) is 12.4. The van der Waals surface area contributed by atoms with E-state index in [-0.39, 0.29) is 36.2 Å². The minimum absolute atomic E-state index is 0.00859. The van der Waals surface area contributed by atoms with Gasteiger partial charge >= 0.3 is 0 Å². The number of Topliss-reactive ketones (excluding diaryl/α,β-unsaturated/α-hetero) is 1. The van der Waals surface area contributed by atoms with Crippen LogP contribution < -0.4 is 10.2 Å². The first-order valence-corrected chi connectivity index (χ1v) is 15.7. The summed E-state index contributed by atoms with van der Waals surface area (Å²) in [7, 11) is 2.14. The summed E-state index contributed by atoms with van der Waals surface area (Å²) in [6.45, 7) is 6.65. The number of rotatable bonds is 8. The van der Waals surface area contributed by atoms with Crippen molar-refractivity contribution < 1.29 is 23.9 Å². The number of benzene rings is 1. The van der Waals surface area contributed by atoms with Gasteiger partial charge in [-0.1, -0.05) is 25.0 Å². The van der Waals surface area contributed by atoms with Crippen molar-refractivity contribution in [2.24, 2.45) is 5.92 Å². The Morgan fingerprint density at radius 1 is 1.15 bits per heavy atom. The number of likely N-dealkylation sites (tertiary alicyclic amines) is 1. The Bertz CT molecular complexity index is 1250. The van der Waals surface area contributed by atoms with Crippen molar-refractivity contribution in [1.82, 2.24) is 20.1 Å². The van der Waals surface area contributed by atoms with Gasteiger partial charge in [-0.25, -0.2) is 4.98 Å². The van der Waals surface area contributed by atoms with E-state index in [2.05, 4.69) is 27.5 Å². The zero-order valence-corrected chi connectivity index (χ0v) is 24.6. The molecule has 11 heteroatoms. The molecule has 4 fully saturated rings. The molecule has 1 N–H and O–H groups in total. The fourth-order valence-corrected chi connectivity index (χ4v) is 7.50. The van der Waals surface area contributed by atoms with Crippen LogP contribution in [-0.4, -0.2) is 110 Å². The van der Waals surface area contributed by atoms with Crippen LogP contribution in [0.5, 0.6) is 0 Å². The summed E-state index contributed by atoms with van der Waals surface area (Å²) in [6, 6.07) is 6.08. The maximum absolute atomic E-state index is 14.0. The third-order valence-corrected chi connectivity index (χ3v) is 9.84. The molecule has 0 radical (unpaired) electrons. The van der Waals surface area contributed by atoms with Crippen LogP contribution in [0, 0.1) is 5.92 Å². The highest BCUT2D eigenvalue weighted by atomic mass is 32.1. The van der Waals surface area contributed by atoms with Crippen molar-refractivity contribution in [3.8, 4) is 11.3 Å². The number of anilines is 1. The highest BCUT2D eigenvalue weighted by Gasteiger charge is 2.54. The van der Waals surface area contributed by atoms with Crippen LogP contribution in [0.15, 0.2) is 29.6 Å². The predicted octanol–water partition coefficient (Wildman–Crippen LogP) is 2.43. The SMILES string of the molecule is CCO[C@H]1CN(C(=O)[C@@H](NC(=O)c2ccc(-c3csc(N4CCN(C)CC4)n3)cc2)C2CCCC2)[C@@H]2C(=O)CO[C@@H]12. The normalized spacial score (nSPS) is 26.0. The molecule has 4 aliphatic rings. The lowest BCUT2D eigenvalue weighted by Gasteiger charge is -2.32. The molecule has 3 saturated heterocycles. The van der Waals surface area contributed by atoms with Gasteiger partial charge in [0.2, 0.25) is 5.91 Å². The molecule has 0 spiro atoms. The van der Waals surface area contributed by atoms with E-state index in [0.717, 1.165) is 68.3 Å². The Hall–Kier alpha value is -2.86. The molecule has 1 aromatic heterocycles. The van der Waals surface area contributed by atoms with E-state index < -0.39 is 18.2 Å². The van der Waals surface area contributed by atoms with Gasteiger partial charge in [0, 0.05) is 49.3 Å². The monoisotopic (exact) mass is 581 g/mol. The molecule has 220 valence electrons. The number of carbonyl (C=O) groups is 3. The Labute approximate surface area is 245 Å². The number of piperazine rings is 1. The van der Waals surface area contributed by atoms with Gasteiger partial charge in [-0.2, -0.15) is 0 Å². The Balaban J connectivity index is 1.15. The van der Waals surface area contributed by atoms with Crippen LogP contribution in [-0.2, 0) is 19.1 Å². The van der Waals surface area contributed by atoms with E-state index in [1.54, 1.807) is 28.4 Å². The Kier molecular flexibility index (Phi) is 8.39. The summed E-state index contributed by atoms with van der Waals surface area (Å²) < 4.78 is 11.5. The fraction of sp³-hybridized carbons (Fsp3) is 0.600. The van der Waals surface area contributed by atoms with E-state index in [9.17, 15) is 14.4 Å². The molecule has 0 bridgehead atoms. The summed E-state index contributed by atoms with van der Waals surface area (Å²) in [5, 5.41) is 6.14. The summed E-state index contributed by atoms with van der Waals surface area (Å²) >= 11 is 1.64. The van der Waals surface area contributed by atoms with E-state index >= 15 is 0 Å². The van der Waals surface area contributed by atoms with Crippen molar-refractivity contribution in [3.63, 3.8) is 0 Å². The minimum atomic E-state index is -0.691. The molecule has 1 aliphatic carbocycles. The molecule has 4 heterocycles. The molecule has 2 aromatic rings. The standard InChI is InChI=1S/C30H39N5O5S/c1-3-39-24-16-35(26-23(36)17-40-27(24)26)29(38)25(20-6-4-5-7-20)32-28(37)21-10-8-19(9-11-21)22-18-41-30(31-22)34-14-12-33(2)13-15-34/h8-11,18,20,24-27H,3-7,12-17H2,1-2H3,(H,32,37)/t24-,25-,26+,27-/m0/s1. The zero-order valence-electron chi connectivity index (χ0n) is 23.8. The molecular weight excluding hydrogens is 542 g/mol. The average Bonchev–Trinajstić information content (AvgIpc) is 3.79. The van der Waals surface area contributed by atoms with E-state index in [4.69, 9.17) is 14.5 Å². The largest absolute Gasteiger partial charge is 0.374 e. The number of nitrogens with zero attached hydrogens (tertiary/aromatic N) is 4. The summed E-state index contributed by atoms with van der Waals surface area (Å²) in [6.07, 6.45) is 3.01. The predicted molar refractivity (Wildman–Crippen MR) is 156 cm³/mol. The lowest BCUT2D eigenvalue weighted by Crippen LogP contribution is -2.54. The third kappa shape index (κ3) is 5.77. The first kappa shape index (κ1) is 28.3. The number of ketones is 1. The number of likely N-dealkylation sites (N-methyl/N-ethyl adjacent to an activating group) is 1. The highest BCUT2D eigenvalue weighted by Crippen LogP contribution is 2.34. The second-order valence-electron chi connectivity index (χ2n) is 11.5. The lowest BCUT2D eigenvalue weighted by atomic mass is 9.95. The number of ether oxygens (including phenoxy) is 2. The molecule has 1 aromatic carbocycles. The van der Waals surface area contributed by atoms with Crippen molar-refractivity contribution in [3.05, 3.63) is 35.2 Å². The fourth-order valence-electron chi connectivity index (χ4n) is 6.61. The molecule has 41 heavy (non-hydrogen) atoms. The van der Waals surface area contributed by atoms with Gasteiger partial charge < -0.3 is 29.5 Å². The molecule has 0 unspecified atom stereocenters. The van der Waals surface area contributed by atoms with Crippen LogP contribution in [0.2, 0.25) is 0 Å². The summed E-state index contributed by atoms with van der Waals surface area (Å²) in [5.74, 6) is -0.563. The van der Waals surface area contributed by atoms with Crippen molar-refractivity contribution in [2.75, 3.05) is 57.9 Å². The van der Waals surface area contributed by atoms with Crippen LogP contribution in [0.4, 0.5) is 5.13 Å². The zero-order chi connectivity index (χ0) is 28.5. The first-order valence-electron chi connectivity index (χ1n) is 14.8. The first-order chi connectivity index (χ1) is 19.9. The lowest BCUT2D eigenvalue weighted by molar-refractivity contribution is -0.139. The minimum Gasteiger partial charge on any atom is -0.374 e. The third-order valence-electron chi connectivity index (χ3n) is 8.93. The molecule has 1 saturated carbocycles. The summed E-state index contributed by atoms with van der Waals surface area (Å²) in [5.41, 5.74) is 2.34. The van der Waals surface area contributed by atoms with Gasteiger partial charge in [-0.3, -0.25) is 14.4 Å². The van der Waals surface area contributed by atoms with Crippen LogP contribution >= 0.6 is 11.3 Å². The van der Waals surface area contributed by atoms with Gasteiger partial charge in [-0.05, 0) is 44.9 Å². The number of carbonyl (C=O) groups excluding carboxylic acids is 3. The maximum Gasteiger partial charge on any atom is 0.251 e. The highest BCUT2D eigenvalue weighted by molar-refractivity contribution is 7.14. The molecule has 2 amide bonds. The molecule has 4 atom stereocenters. The van der Waals surface area contributed by atoms with E-state index in [0.29, 0.717) is 18.7 Å². The second kappa shape index (κ2) is 12.2. The van der Waals surface area contributed by atoms with E-state index in [1.807, 2.05) is 19.1 Å². The number of hydrogen-bond donors (Lipinski definition) is 1. The summed E-state index contributed by atoms with van der Waals surface area (Å²) in [4.78, 5) is 51.2. The van der Waals surface area contributed by atoms with Crippen molar-refractivity contribution >= 4 is 34.1 Å². The van der Waals surface area contributed by atoms with Crippen molar-refractivity contribution in [1.29, 1.82) is 0 Å². The topological polar surface area (TPSA) is 104 Å². The van der Waals surface area contributed by atoms with Gasteiger partial charge in [0.15, 0.2) is 10.9 Å². The number of amides is 2. The van der Waals surface area contributed by atoms with Crippen molar-refractivity contribution in [2.45, 2.75) is 56.9 Å². The Morgan fingerprint density at radius 2 is 1.88 bits per heavy atom. The quantitative estimate of drug-likeness (QED) is 0.507. The van der Waals surface area contributed by atoms with E-state index in [1.165, 1.54) is 0 Å². The van der Waals surface area contributed by atoms with Crippen LogP contribution in [0.3, 0.4) is 0 Å². The molecule has 3 aliphatic heterocycles. The number of aromatic nitrogens is 1. The van der Waals surface area contributed by atoms with Crippen LogP contribution in [0.25, 0.3) is 11.3 Å². The molecule has 6 rings (SSSR count). The molecule has 10 nitrogen and oxygen atoms in total. The average molecular weight is 582 g/mol. The molecular formula is C30H39N5O5S. The Morgan fingerprint density at radius 3 is 2.59 bits per heavy atom. The van der Waals surface area contributed by atoms with Gasteiger partial charge in [0.1, 0.15) is 30.9 Å². The number of nitrogens with one attached hydrogen (secondary N) is 1. The smallest absolute Gasteiger partial charge is 0.251 e. The van der Waals surface area contributed by atoms with Gasteiger partial charge in [-0.15, -0.1) is 11.3 Å². The maximum atomic E-state index is 14.0. The van der Waals surface area contributed by atoms with Gasteiger partial charge in [0.05, 0.1) is 12.2 Å². The van der Waals surface area contributed by atoms with Crippen LogP contribution in [0.1, 0.15) is 43.0 Å². The van der Waals surface area contributed by atoms with Gasteiger partial charge in [0.25, 0.3) is 5.91 Å². The number of thiazole rings is 1. The number of fused-ring (bicyclic) bond motifs is 1.